The molecular formula is C16H12ClN3O2. The summed E-state index contributed by atoms with van der Waals surface area (Å²) in [4.78, 5) is 24.9. The number of nitrogen functional groups attached to an aromatic ring is 1. The molecule has 110 valence electrons. The minimum Gasteiger partial charge on any atom is -0.398 e. The summed E-state index contributed by atoms with van der Waals surface area (Å²) in [5, 5.41) is 9.30. The first kappa shape index (κ1) is 15.5. The summed E-state index contributed by atoms with van der Waals surface area (Å²) in [6.07, 6.45) is 0.388. The fourth-order valence-electron chi connectivity index (χ4n) is 2.06. The second-order valence-electron chi connectivity index (χ2n) is 4.58. The number of anilines is 2. The standard InChI is InChI=1S/C16H12ClN3O2/c1-10-13(17)5-6-14(19)15(10)16(22)20(9-21)12-4-2-3-11(7-12)8-18/h2-7,9H,19H2,1H3. The van der Waals surface area contributed by atoms with E-state index in [9.17, 15) is 9.59 Å². The molecule has 6 heteroatoms. The molecule has 0 fully saturated rings. The Hall–Kier alpha value is -2.84. The fraction of sp³-hybridized carbons (Fsp3) is 0.0625. The third-order valence-corrected chi connectivity index (χ3v) is 3.63. The van der Waals surface area contributed by atoms with Crippen LogP contribution in [0.2, 0.25) is 5.02 Å². The summed E-state index contributed by atoms with van der Waals surface area (Å²) < 4.78 is 0. The summed E-state index contributed by atoms with van der Waals surface area (Å²) in [5.74, 6) is -0.595. The van der Waals surface area contributed by atoms with Crippen molar-refractivity contribution in [2.75, 3.05) is 10.6 Å². The van der Waals surface area contributed by atoms with Crippen molar-refractivity contribution in [1.29, 1.82) is 5.26 Å². The molecule has 0 saturated carbocycles. The van der Waals surface area contributed by atoms with Crippen LogP contribution >= 0.6 is 11.6 Å². The van der Waals surface area contributed by atoms with Gasteiger partial charge in [-0.1, -0.05) is 17.7 Å². The summed E-state index contributed by atoms with van der Waals surface area (Å²) in [6.45, 7) is 1.65. The zero-order valence-electron chi connectivity index (χ0n) is 11.7. The number of halogens is 1. The van der Waals surface area contributed by atoms with E-state index in [4.69, 9.17) is 22.6 Å². The second-order valence-corrected chi connectivity index (χ2v) is 4.99. The molecule has 2 aromatic rings. The average Bonchev–Trinajstić information content (AvgIpc) is 2.52. The van der Waals surface area contributed by atoms with Gasteiger partial charge in [0.25, 0.3) is 5.91 Å². The van der Waals surface area contributed by atoms with Crippen molar-refractivity contribution >= 4 is 35.3 Å². The largest absolute Gasteiger partial charge is 0.398 e. The molecule has 0 aliphatic rings. The number of carbonyl (C=O) groups is 2. The lowest BCUT2D eigenvalue weighted by atomic mass is 10.0. The van der Waals surface area contributed by atoms with Crippen molar-refractivity contribution in [3.8, 4) is 6.07 Å². The van der Waals surface area contributed by atoms with Crippen LogP contribution in [0.25, 0.3) is 0 Å². The molecule has 0 atom stereocenters. The number of imide groups is 1. The maximum absolute atomic E-state index is 12.6. The predicted octanol–water partition coefficient (Wildman–Crippen LogP) is 2.91. The van der Waals surface area contributed by atoms with E-state index in [-0.39, 0.29) is 16.9 Å². The SMILES string of the molecule is Cc1c(Cl)ccc(N)c1C(=O)N(C=O)c1cccc(C#N)c1. The number of nitrogens with zero attached hydrogens (tertiary/aromatic N) is 2. The highest BCUT2D eigenvalue weighted by Crippen LogP contribution is 2.27. The van der Waals surface area contributed by atoms with Gasteiger partial charge in [-0.2, -0.15) is 5.26 Å². The molecule has 0 bridgehead atoms. The summed E-state index contributed by atoms with van der Waals surface area (Å²) in [6, 6.07) is 11.2. The molecule has 0 unspecified atom stereocenters. The first-order valence-electron chi connectivity index (χ1n) is 6.33. The first-order chi connectivity index (χ1) is 10.5. The zero-order chi connectivity index (χ0) is 16.3. The van der Waals surface area contributed by atoms with Crippen LogP contribution in [0.5, 0.6) is 0 Å². The number of benzene rings is 2. The van der Waals surface area contributed by atoms with E-state index in [0.29, 0.717) is 22.6 Å². The van der Waals surface area contributed by atoms with Gasteiger partial charge in [-0.25, -0.2) is 4.90 Å². The number of carbonyl (C=O) groups excluding carboxylic acids is 2. The molecule has 0 aromatic heterocycles. The van der Waals surface area contributed by atoms with Gasteiger partial charge in [0.15, 0.2) is 0 Å². The Kier molecular flexibility index (Phi) is 4.44. The first-order valence-corrected chi connectivity index (χ1v) is 6.71. The van der Waals surface area contributed by atoms with Gasteiger partial charge < -0.3 is 5.73 Å². The molecule has 0 aliphatic carbocycles. The van der Waals surface area contributed by atoms with Crippen LogP contribution in [-0.4, -0.2) is 12.3 Å². The smallest absolute Gasteiger partial charge is 0.267 e. The van der Waals surface area contributed by atoms with Gasteiger partial charge in [-0.05, 0) is 42.8 Å². The van der Waals surface area contributed by atoms with Crippen molar-refractivity contribution in [2.24, 2.45) is 0 Å². The van der Waals surface area contributed by atoms with Gasteiger partial charge in [0, 0.05) is 10.7 Å². The number of nitrogens with two attached hydrogens (primary N) is 1. The van der Waals surface area contributed by atoms with Gasteiger partial charge in [-0.15, -0.1) is 0 Å². The van der Waals surface area contributed by atoms with Crippen LogP contribution in [0.1, 0.15) is 21.5 Å². The third kappa shape index (κ3) is 2.78. The molecule has 22 heavy (non-hydrogen) atoms. The van der Waals surface area contributed by atoms with Crippen molar-refractivity contribution in [3.05, 3.63) is 58.1 Å². The van der Waals surface area contributed by atoms with E-state index >= 15 is 0 Å². The van der Waals surface area contributed by atoms with Crippen LogP contribution in [0.4, 0.5) is 11.4 Å². The molecule has 0 saturated heterocycles. The van der Waals surface area contributed by atoms with Gasteiger partial charge in [-0.3, -0.25) is 9.59 Å². The molecule has 2 N–H and O–H groups in total. The molecule has 0 radical (unpaired) electrons. The second kappa shape index (κ2) is 6.29. The van der Waals surface area contributed by atoms with Crippen LogP contribution in [0, 0.1) is 18.3 Å². The normalized spacial score (nSPS) is 9.86. The van der Waals surface area contributed by atoms with E-state index in [1.54, 1.807) is 31.2 Å². The molecule has 5 nitrogen and oxygen atoms in total. The molecule has 0 spiro atoms. The maximum atomic E-state index is 12.6. The molecule has 2 amide bonds. The molecule has 0 aliphatic heterocycles. The van der Waals surface area contributed by atoms with E-state index in [0.717, 1.165) is 4.90 Å². The molecule has 2 rings (SSSR count). The van der Waals surface area contributed by atoms with Crippen molar-refractivity contribution < 1.29 is 9.59 Å². The van der Waals surface area contributed by atoms with Crippen LogP contribution < -0.4 is 10.6 Å². The van der Waals surface area contributed by atoms with E-state index in [1.165, 1.54) is 12.1 Å². The van der Waals surface area contributed by atoms with E-state index < -0.39 is 5.91 Å². The van der Waals surface area contributed by atoms with Crippen molar-refractivity contribution in [3.63, 3.8) is 0 Å². The van der Waals surface area contributed by atoms with Gasteiger partial charge in [0.1, 0.15) is 0 Å². The quantitative estimate of drug-likeness (QED) is 0.697. The number of rotatable bonds is 3. The van der Waals surface area contributed by atoms with Gasteiger partial charge in [0.05, 0.1) is 22.9 Å². The summed E-state index contributed by atoms with van der Waals surface area (Å²) in [5.41, 5.74) is 7.37. The van der Waals surface area contributed by atoms with Crippen LogP contribution in [0.3, 0.4) is 0 Å². The van der Waals surface area contributed by atoms with Crippen LogP contribution in [-0.2, 0) is 4.79 Å². The van der Waals surface area contributed by atoms with Gasteiger partial charge >= 0.3 is 0 Å². The zero-order valence-corrected chi connectivity index (χ0v) is 12.5. The van der Waals surface area contributed by atoms with Crippen LogP contribution in [0.15, 0.2) is 36.4 Å². The number of amides is 2. The topological polar surface area (TPSA) is 87.2 Å². The third-order valence-electron chi connectivity index (χ3n) is 3.22. The highest BCUT2D eigenvalue weighted by molar-refractivity contribution is 6.32. The van der Waals surface area contributed by atoms with E-state index in [2.05, 4.69) is 0 Å². The van der Waals surface area contributed by atoms with E-state index in [1.807, 2.05) is 6.07 Å². The maximum Gasteiger partial charge on any atom is 0.267 e. The highest BCUT2D eigenvalue weighted by atomic mass is 35.5. The highest BCUT2D eigenvalue weighted by Gasteiger charge is 2.22. The monoisotopic (exact) mass is 313 g/mol. The van der Waals surface area contributed by atoms with Crippen molar-refractivity contribution in [2.45, 2.75) is 6.92 Å². The molecular weight excluding hydrogens is 302 g/mol. The Balaban J connectivity index is 2.53. The lowest BCUT2D eigenvalue weighted by Gasteiger charge is -2.18. The lowest BCUT2D eigenvalue weighted by molar-refractivity contribution is -0.106. The number of hydrogen-bond donors (Lipinski definition) is 1. The lowest BCUT2D eigenvalue weighted by Crippen LogP contribution is -2.30. The van der Waals surface area contributed by atoms with Gasteiger partial charge in [0.2, 0.25) is 6.41 Å². The summed E-state index contributed by atoms with van der Waals surface area (Å²) in [7, 11) is 0. The Labute approximate surface area is 132 Å². The van der Waals surface area contributed by atoms with Crippen molar-refractivity contribution in [1.82, 2.24) is 0 Å². The molecule has 0 heterocycles. The fourth-order valence-corrected chi connectivity index (χ4v) is 2.22. The minimum atomic E-state index is -0.595. The Morgan fingerprint density at radius 1 is 1.36 bits per heavy atom. The summed E-state index contributed by atoms with van der Waals surface area (Å²) >= 11 is 6.01. The minimum absolute atomic E-state index is 0.168. The number of hydrogen-bond acceptors (Lipinski definition) is 4. The average molecular weight is 314 g/mol. The Morgan fingerprint density at radius 3 is 2.73 bits per heavy atom. The predicted molar refractivity (Wildman–Crippen MR) is 84.6 cm³/mol. The Bertz CT molecular complexity index is 796. The number of nitriles is 1. The Morgan fingerprint density at radius 2 is 2.09 bits per heavy atom. The molecule has 2 aromatic carbocycles.